The minimum absolute atomic E-state index is 0. The average molecular weight is 15100 g/mol. The largest absolute Gasteiger partial charge is 0.512 e. The summed E-state index contributed by atoms with van der Waals surface area (Å²) in [6.45, 7) is 2.71. The molecule has 109 heteroatoms. The van der Waals surface area contributed by atoms with Crippen molar-refractivity contribution in [3.63, 3.8) is 0 Å². The summed E-state index contributed by atoms with van der Waals surface area (Å²) in [5, 5.41) is 29.4. The van der Waals surface area contributed by atoms with Crippen LogP contribution in [0.5, 0.6) is 0 Å². The van der Waals surface area contributed by atoms with E-state index in [9.17, 15) is 4.79 Å². The Hall–Kier alpha value is 63.1. The Balaban J connectivity index is -0.0000000000863. The number of aliphatic hydroxyl groups is 1. The molecule has 756 valence electrons. The van der Waals surface area contributed by atoms with E-state index in [-0.39, 0.29) is 2040 Å². The van der Waals surface area contributed by atoms with Crippen LogP contribution in [0.1, 0.15) is 7.43 Å². The summed E-state index contributed by atoms with van der Waals surface area (Å²) in [7, 11) is 0. The van der Waals surface area contributed by atoms with Crippen LogP contribution in [0, 0.1) is 0 Å². The number of rotatable bonds is 2. The molecule has 0 rings (SSSR count). The molecule has 0 aromatic carbocycles. The van der Waals surface area contributed by atoms with Gasteiger partial charge in [0.15, 0.2) is 6.26 Å². The summed E-state index contributed by atoms with van der Waals surface area (Å²) in [6.07, 6.45) is 2.15. The van der Waals surface area contributed by atoms with E-state index in [2.05, 4.69) is 11.5 Å². The van der Waals surface area contributed by atoms with Gasteiger partial charge in [0, 0.05) is 2030 Å². The summed E-state index contributed by atoms with van der Waals surface area (Å²) in [5.41, 5.74) is 0. The van der Waals surface area contributed by atoms with E-state index in [0.717, 1.165) is 12.3 Å². The first-order valence-corrected chi connectivity index (χ1v) is 2.63. The molecule has 4 N–H and O–H groups in total. The molecular formula is C7H14Fe30O7W72. The molecule has 0 spiro atoms. The summed E-state index contributed by atoms with van der Waals surface area (Å²) >= 11 is 0. The molecule has 7 nitrogen and oxygen atoms in total. The van der Waals surface area contributed by atoms with Crippen molar-refractivity contribution >= 4 is 12.4 Å². The molecule has 0 bridgehead atoms. The third-order valence-corrected chi connectivity index (χ3v) is 0.296. The maximum absolute atomic E-state index is 9.25. The van der Waals surface area contributed by atoms with E-state index in [4.69, 9.17) is 25.4 Å². The van der Waals surface area contributed by atoms with Crippen molar-refractivity contribution in [2.45, 2.75) is 7.43 Å². The third kappa shape index (κ3) is 1220. The van der Waals surface area contributed by atoms with Gasteiger partial charge in [-0.05, 0) is 0 Å². The number of aliphatic carboxylic acids is 1. The van der Waals surface area contributed by atoms with Crippen molar-refractivity contribution < 1.29 is 2060 Å². The first-order valence-electron chi connectivity index (χ1n) is 2.63. The molecule has 0 aliphatic heterocycles. The minimum Gasteiger partial charge on any atom is -0.512 e. The number of carbonyl (C=O) groups is 2. The van der Waals surface area contributed by atoms with Gasteiger partial charge in [0.1, 0.15) is 6.26 Å². The maximum atomic E-state index is 9.25. The van der Waals surface area contributed by atoms with Crippen molar-refractivity contribution in [2.24, 2.45) is 0 Å². The third-order valence-electron chi connectivity index (χ3n) is 0.296. The van der Waals surface area contributed by atoms with Crippen LogP contribution >= 0.6 is 0 Å². The minimum atomic E-state index is -0.981. The second-order valence-electron chi connectivity index (χ2n) is 1.04. The Morgan fingerprint density at radius 3 is 0.216 bits per heavy atom. The van der Waals surface area contributed by atoms with Gasteiger partial charge in [0.05, 0.1) is 0 Å². The molecule has 0 amide bonds. The van der Waals surface area contributed by atoms with E-state index in [1.807, 2.05) is 0 Å². The van der Waals surface area contributed by atoms with E-state index in [0.29, 0.717) is 6.26 Å². The molecule has 0 saturated heterocycles. The molecule has 0 radical (unpaired) electrons. The van der Waals surface area contributed by atoms with Crippen molar-refractivity contribution in [3.05, 3.63) is 25.2 Å². The molecule has 0 aliphatic rings. The molecule has 0 saturated carbocycles. The van der Waals surface area contributed by atoms with Crippen molar-refractivity contribution in [1.29, 1.82) is 0 Å². The predicted octanol–water partition coefficient (Wildman–Crippen LogP) is 0.844. The van der Waals surface area contributed by atoms with Crippen LogP contribution in [-0.2, 0) is 2040 Å². The van der Waals surface area contributed by atoms with Gasteiger partial charge in [-0.2, -0.15) is 0 Å². The van der Waals surface area contributed by atoms with Crippen molar-refractivity contribution in [2.75, 3.05) is 0 Å². The number of aliphatic hydroxyl groups excluding tert-OH is 1. The molecule has 0 aromatic heterocycles. The van der Waals surface area contributed by atoms with Crippen LogP contribution in [0.3, 0.4) is 0 Å². The van der Waals surface area contributed by atoms with E-state index in [1.54, 1.807) is 0 Å². The van der Waals surface area contributed by atoms with Crippen LogP contribution in [-0.4, -0.2) is 33.0 Å². The first kappa shape index (κ1) is 1060. The zero-order chi connectivity index (χ0) is 11.1. The SMILES string of the molecule is C.C=CC(=O)O.O/C=C/OO.O=CO.[Fe].[Fe].[Fe].[Fe].[Fe].[Fe].[Fe].[Fe].[Fe].[Fe].[Fe].[Fe].[Fe].[Fe].[Fe].[Fe].[Fe].[Fe].[Fe].[Fe].[Fe].[Fe].[Fe].[Fe].[Fe].[Fe].[Fe].[Fe].[Fe].[Fe].[W].[W].[W].[W].[W].[W].[W].[W].[W].[W].[W].[W].[W].[W].[W].[W].[W].[W].[W].[W].[W].[W].[W].[W].[W].[W].[W].[W].[W].[W].[W].[W].[W].[W].[W].[W].[W].[W].[W].[W].[W].[W].[W].[W].[W].[W].[W].[W].[W].[W].[W].[W].[W].[W].[W].[W].[W].[W].[W].[W].[W].[W].[W].[W].[W].[W].[W].[W].[W].[W].[W].[W]. The topological polar surface area (TPSA) is 124 Å². The standard InChI is InChI=1S/C3H4O2.C2H4O3.CH2O2.CH4.30Fe.72W/c1-2-3(4)5;3-1-2-5-4;2-1-3;;;;;;;;;;;;;;;;;;;;;;;;;;;;;;;;;;;;;;;;;;;;;;;;;;;;;;;;;;;;;;;;;;;;;;;;;;;;;;;;;;;;;;;;;;;;;;;;;;;;;;;/h2H,1H2,(H,4,5);1-4H;1H,(H,2,3);1H4;;;;;;;;;;;;;;;;;;;;;;;;;;;;;;;;;;;;;;;;;;;;;;;;;;;;;;;;;;;;;;;;;;;;;;;;;;;;;;;;;;;;;;;;;;;;;;;;;;;;;;/b;2-1+;;;;;;;;;;;;;;;;;;;;;;;;;;;;;;;;;;;;;;;;;;;;;;;;;;;;;;;;;;;;;;;;;;;;;;;;;;;;;;;;;;;;;;;;;;;;;;;;;;;;;;;;. The zero-order valence-corrected chi connectivity index (χ0v) is 291. The van der Waals surface area contributed by atoms with Crippen LogP contribution in [0.25, 0.3) is 0 Å². The van der Waals surface area contributed by atoms with Gasteiger partial charge in [0.25, 0.3) is 6.47 Å². The molecule has 0 fully saturated rings. The predicted molar refractivity (Wildman–Crippen MR) is 48.7 cm³/mol. The summed E-state index contributed by atoms with van der Waals surface area (Å²) in [6, 6.07) is 0. The normalized spacial score (nSPS) is 0.767. The van der Waals surface area contributed by atoms with Crippen molar-refractivity contribution in [3.8, 4) is 0 Å². The van der Waals surface area contributed by atoms with Crippen LogP contribution in [0.4, 0.5) is 0 Å². The average Bonchev–Trinajstić information content (AvgIpc) is 2.08. The Morgan fingerprint density at radius 1 is 0.181 bits per heavy atom. The fraction of sp³-hybridized carbons (Fsp3) is 0.143. The van der Waals surface area contributed by atoms with E-state index in [1.165, 1.54) is 0 Å². The van der Waals surface area contributed by atoms with E-state index >= 15 is 0 Å². The maximum Gasteiger partial charge on any atom is 0.327 e. The molecule has 0 aromatic rings. The Kier molecular flexibility index (Phi) is 10100. The van der Waals surface area contributed by atoms with Gasteiger partial charge in [-0.1, -0.05) is 14.0 Å². The molecular weight excluding hydrogens is 15100 g/mol. The van der Waals surface area contributed by atoms with Gasteiger partial charge < -0.3 is 20.2 Å². The van der Waals surface area contributed by atoms with Crippen LogP contribution in [0.2, 0.25) is 0 Å². The fourth-order valence-corrected chi connectivity index (χ4v) is 0.0272. The zero-order valence-electron chi connectivity index (χ0n) is 46.5. The number of carboxylic acid groups (broad SMARTS) is 2. The van der Waals surface area contributed by atoms with Crippen LogP contribution in [0.15, 0.2) is 25.2 Å². The van der Waals surface area contributed by atoms with Gasteiger partial charge in [0.2, 0.25) is 0 Å². The summed E-state index contributed by atoms with van der Waals surface area (Å²) in [4.78, 5) is 20.9. The molecule has 0 heterocycles. The van der Waals surface area contributed by atoms with Crippen molar-refractivity contribution in [1.82, 2.24) is 0 Å². The molecule has 0 atom stereocenters. The fourth-order valence-electron chi connectivity index (χ4n) is 0.0272. The number of hydrogen-bond acceptors (Lipinski definition) is 5. The molecule has 0 aliphatic carbocycles. The quantitative estimate of drug-likeness (QED) is 0.0809. The summed E-state index contributed by atoms with van der Waals surface area (Å²) < 4.78 is 0. The molecule has 116 heavy (non-hydrogen) atoms. The van der Waals surface area contributed by atoms with Gasteiger partial charge in [-0.15, -0.1) is 0 Å². The molecule has 0 unspecified atom stereocenters. The van der Waals surface area contributed by atoms with Gasteiger partial charge in [-0.3, -0.25) is 4.79 Å². The van der Waals surface area contributed by atoms with E-state index < -0.39 is 5.97 Å². The summed E-state index contributed by atoms with van der Waals surface area (Å²) in [5.74, 6) is -0.981. The second-order valence-corrected chi connectivity index (χ2v) is 1.04. The number of hydrogen-bond donors (Lipinski definition) is 4. The number of carboxylic acids is 1. The Bertz CT molecular complexity index is 303. The first-order chi connectivity index (χ1) is 6.10. The second kappa shape index (κ2) is 1100. The Morgan fingerprint density at radius 2 is 0.216 bits per heavy atom. The van der Waals surface area contributed by atoms with Gasteiger partial charge >= 0.3 is 5.97 Å². The Labute approximate surface area is 2050 Å². The monoisotopic (exact) mass is 15100 g/mol. The van der Waals surface area contributed by atoms with Gasteiger partial charge in [-0.25, -0.2) is 10.1 Å². The van der Waals surface area contributed by atoms with Crippen LogP contribution < -0.4 is 0 Å². The smallest absolute Gasteiger partial charge is 0.327 e.